The van der Waals surface area contributed by atoms with Crippen molar-refractivity contribution in [3.63, 3.8) is 0 Å². The fraction of sp³-hybridized carbons (Fsp3) is 0.333. The Morgan fingerprint density at radius 1 is 0.875 bits per heavy atom. The van der Waals surface area contributed by atoms with Gasteiger partial charge in [-0.1, -0.05) is 71.2 Å². The molecule has 84 valence electrons. The van der Waals surface area contributed by atoms with Crippen molar-refractivity contribution in [1.82, 2.24) is 0 Å². The maximum atomic E-state index is 2.39. The highest BCUT2D eigenvalue weighted by molar-refractivity contribution is 7.66. The Bertz CT molecular complexity index is 489. The van der Waals surface area contributed by atoms with Gasteiger partial charge in [0.05, 0.1) is 0 Å². The lowest BCUT2D eigenvalue weighted by Gasteiger charge is -2.29. The summed E-state index contributed by atoms with van der Waals surface area (Å²) in [6.07, 6.45) is 0. The van der Waals surface area contributed by atoms with Gasteiger partial charge in [-0.2, -0.15) is 0 Å². The number of hydrogen-bond donors (Lipinski definition) is 0. The Kier molecular flexibility index (Phi) is 3.04. The Morgan fingerprint density at radius 2 is 1.50 bits per heavy atom. The highest BCUT2D eigenvalue weighted by Gasteiger charge is 2.22. The van der Waals surface area contributed by atoms with Crippen LogP contribution in [0.4, 0.5) is 0 Å². The van der Waals surface area contributed by atoms with Crippen molar-refractivity contribution < 1.29 is 0 Å². The molecule has 0 saturated carbocycles. The predicted molar refractivity (Wildman–Crippen MR) is 76.2 cm³/mol. The van der Waals surface area contributed by atoms with E-state index in [2.05, 4.69) is 69.9 Å². The fourth-order valence-corrected chi connectivity index (χ4v) is 3.46. The van der Waals surface area contributed by atoms with Crippen molar-refractivity contribution in [2.75, 3.05) is 6.66 Å². The Labute approximate surface area is 99.4 Å². The minimum absolute atomic E-state index is 0.117. The molecule has 1 atom stereocenters. The molecule has 0 bridgehead atoms. The van der Waals surface area contributed by atoms with Gasteiger partial charge in [0, 0.05) is 0 Å². The number of benzene rings is 2. The van der Waals surface area contributed by atoms with Crippen molar-refractivity contribution in [2.45, 2.75) is 25.9 Å². The molecule has 0 fully saturated rings. The van der Waals surface area contributed by atoms with Crippen LogP contribution in [0.15, 0.2) is 42.5 Å². The van der Waals surface area contributed by atoms with Gasteiger partial charge in [0.2, 0.25) is 0 Å². The summed E-state index contributed by atoms with van der Waals surface area (Å²) in [5.41, 5.74) is 0. The molecule has 0 aromatic heterocycles. The van der Waals surface area contributed by atoms with Crippen LogP contribution in [0.5, 0.6) is 0 Å². The minimum Gasteiger partial charge on any atom is -0.0723 e. The first-order chi connectivity index (χ1) is 7.50. The Morgan fingerprint density at radius 3 is 2.19 bits per heavy atom. The van der Waals surface area contributed by atoms with E-state index in [4.69, 9.17) is 0 Å². The third-order valence-electron chi connectivity index (χ3n) is 3.13. The molecular formula is C15H19P. The van der Waals surface area contributed by atoms with Gasteiger partial charge in [0.25, 0.3) is 0 Å². The topological polar surface area (TPSA) is 0 Å². The average molecular weight is 230 g/mol. The van der Waals surface area contributed by atoms with E-state index in [0.29, 0.717) is 5.16 Å². The van der Waals surface area contributed by atoms with Crippen molar-refractivity contribution in [3.05, 3.63) is 42.5 Å². The van der Waals surface area contributed by atoms with E-state index in [1.165, 1.54) is 16.1 Å². The molecule has 0 saturated heterocycles. The standard InChI is InChI=1S/C15H19P/c1-15(2,3)16(4)14-11-7-9-12-8-5-6-10-13(12)14/h5-11H,1-4H3. The number of hydrogen-bond acceptors (Lipinski definition) is 0. The highest BCUT2D eigenvalue weighted by atomic mass is 31.1. The lowest BCUT2D eigenvalue weighted by Crippen LogP contribution is -2.18. The molecule has 2 rings (SSSR count). The predicted octanol–water partition coefficient (Wildman–Crippen LogP) is 4.38. The largest absolute Gasteiger partial charge is 0.0723 e. The van der Waals surface area contributed by atoms with Crippen LogP contribution >= 0.6 is 7.92 Å². The van der Waals surface area contributed by atoms with Crippen molar-refractivity contribution in [3.8, 4) is 0 Å². The van der Waals surface area contributed by atoms with E-state index in [0.717, 1.165) is 0 Å². The van der Waals surface area contributed by atoms with Crippen LogP contribution in [0.1, 0.15) is 20.8 Å². The summed E-state index contributed by atoms with van der Waals surface area (Å²) >= 11 is 0. The smallest absolute Gasteiger partial charge is 0.0107 e. The first-order valence-corrected chi connectivity index (χ1v) is 7.50. The molecule has 2 aromatic rings. The van der Waals surface area contributed by atoms with E-state index >= 15 is 0 Å². The van der Waals surface area contributed by atoms with Gasteiger partial charge >= 0.3 is 0 Å². The first-order valence-electron chi connectivity index (χ1n) is 5.72. The van der Waals surface area contributed by atoms with Crippen LogP contribution in [-0.4, -0.2) is 11.8 Å². The van der Waals surface area contributed by atoms with E-state index < -0.39 is 0 Å². The molecule has 2 aromatic carbocycles. The molecule has 0 aliphatic carbocycles. The van der Waals surface area contributed by atoms with Crippen LogP contribution in [-0.2, 0) is 0 Å². The maximum Gasteiger partial charge on any atom is -0.0107 e. The number of fused-ring (bicyclic) bond motifs is 1. The van der Waals surface area contributed by atoms with Crippen LogP contribution in [0.25, 0.3) is 10.8 Å². The summed E-state index contributed by atoms with van der Waals surface area (Å²) < 4.78 is 0. The zero-order valence-electron chi connectivity index (χ0n) is 10.5. The molecule has 0 aliphatic rings. The summed E-state index contributed by atoms with van der Waals surface area (Å²) in [7, 11) is -0.117. The van der Waals surface area contributed by atoms with Gasteiger partial charge in [-0.05, 0) is 27.9 Å². The fourth-order valence-electron chi connectivity index (χ4n) is 1.86. The second kappa shape index (κ2) is 4.18. The summed E-state index contributed by atoms with van der Waals surface area (Å²) in [6, 6.07) is 15.4. The van der Waals surface area contributed by atoms with Gasteiger partial charge in [0.1, 0.15) is 0 Å². The summed E-state index contributed by atoms with van der Waals surface area (Å²) in [5, 5.41) is 4.69. The minimum atomic E-state index is -0.117. The SMILES string of the molecule is CP(c1cccc2ccccc12)C(C)(C)C. The van der Waals surface area contributed by atoms with Crippen molar-refractivity contribution >= 4 is 24.0 Å². The van der Waals surface area contributed by atoms with E-state index in [-0.39, 0.29) is 7.92 Å². The van der Waals surface area contributed by atoms with Gasteiger partial charge in [-0.3, -0.25) is 0 Å². The zero-order valence-corrected chi connectivity index (χ0v) is 11.4. The summed E-state index contributed by atoms with van der Waals surface area (Å²) in [4.78, 5) is 0. The van der Waals surface area contributed by atoms with Crippen LogP contribution in [0.2, 0.25) is 0 Å². The van der Waals surface area contributed by atoms with Crippen LogP contribution < -0.4 is 5.30 Å². The van der Waals surface area contributed by atoms with Crippen LogP contribution in [0, 0.1) is 0 Å². The average Bonchev–Trinajstić information content (AvgIpc) is 2.26. The second-order valence-corrected chi connectivity index (χ2v) is 8.17. The molecular weight excluding hydrogens is 211 g/mol. The van der Waals surface area contributed by atoms with E-state index in [9.17, 15) is 0 Å². The third kappa shape index (κ3) is 2.13. The van der Waals surface area contributed by atoms with Gasteiger partial charge < -0.3 is 0 Å². The Balaban J connectivity index is 2.61. The molecule has 16 heavy (non-hydrogen) atoms. The van der Waals surface area contributed by atoms with Crippen molar-refractivity contribution in [2.24, 2.45) is 0 Å². The molecule has 0 spiro atoms. The Hall–Kier alpha value is -0.870. The summed E-state index contributed by atoms with van der Waals surface area (Å²) in [5.74, 6) is 0. The number of rotatable bonds is 1. The molecule has 1 heteroatoms. The summed E-state index contributed by atoms with van der Waals surface area (Å²) in [6.45, 7) is 9.39. The second-order valence-electron chi connectivity index (χ2n) is 5.23. The molecule has 0 amide bonds. The molecule has 1 unspecified atom stereocenters. The maximum absolute atomic E-state index is 2.39. The van der Waals surface area contributed by atoms with Gasteiger partial charge in [-0.15, -0.1) is 0 Å². The molecule has 0 nitrogen and oxygen atoms in total. The quantitative estimate of drug-likeness (QED) is 0.638. The van der Waals surface area contributed by atoms with Gasteiger partial charge in [-0.25, -0.2) is 0 Å². The van der Waals surface area contributed by atoms with Crippen LogP contribution in [0.3, 0.4) is 0 Å². The molecule has 0 aliphatic heterocycles. The van der Waals surface area contributed by atoms with Gasteiger partial charge in [0.15, 0.2) is 0 Å². The third-order valence-corrected chi connectivity index (χ3v) is 6.26. The monoisotopic (exact) mass is 230 g/mol. The van der Waals surface area contributed by atoms with Crippen molar-refractivity contribution in [1.29, 1.82) is 0 Å². The normalized spacial score (nSPS) is 14.0. The van der Waals surface area contributed by atoms with E-state index in [1.807, 2.05) is 0 Å². The molecule has 0 heterocycles. The highest BCUT2D eigenvalue weighted by Crippen LogP contribution is 2.46. The molecule has 0 radical (unpaired) electrons. The molecule has 0 N–H and O–H groups in total. The van der Waals surface area contributed by atoms with E-state index in [1.54, 1.807) is 0 Å². The lowest BCUT2D eigenvalue weighted by molar-refractivity contribution is 0.791. The zero-order chi connectivity index (χ0) is 11.8. The first kappa shape index (κ1) is 11.6. The lowest BCUT2D eigenvalue weighted by atomic mass is 10.1.